The average molecular weight is 603 g/mol. The van der Waals surface area contributed by atoms with Crippen LogP contribution in [0.4, 0.5) is 5.69 Å². The Labute approximate surface area is 178 Å². The lowest BCUT2D eigenvalue weighted by Gasteiger charge is -2.17. The van der Waals surface area contributed by atoms with Gasteiger partial charge >= 0.3 is 0 Å². The standard InChI is InChI=1S/C15H9Br4NOS2/c1-6-2-4-7(5-3-6)20-14(22)8-9(15(21)23)11(17)13(19)12(18)10(8)16/h2-5H,1H3,(H,20,22)(H,21,23). The molecule has 2 nitrogen and oxygen atoms in total. The number of rotatable bonds is 3. The van der Waals surface area contributed by atoms with Gasteiger partial charge in [-0.2, -0.15) is 0 Å². The fraction of sp³-hybridized carbons (Fsp3) is 0.0667. The number of thiol groups is 1. The summed E-state index contributed by atoms with van der Waals surface area (Å²) in [5, 5.41) is 2.77. The minimum atomic E-state index is -0.381. The summed E-state index contributed by atoms with van der Waals surface area (Å²) < 4.78 is 2.74. The third kappa shape index (κ3) is 4.27. The lowest BCUT2D eigenvalue weighted by Crippen LogP contribution is -2.16. The summed E-state index contributed by atoms with van der Waals surface area (Å²) >= 11 is 23.3. The highest BCUT2D eigenvalue weighted by Gasteiger charge is 2.24. The lowest BCUT2D eigenvalue weighted by atomic mass is 10.1. The van der Waals surface area contributed by atoms with Crippen molar-refractivity contribution in [3.63, 3.8) is 0 Å². The van der Waals surface area contributed by atoms with Gasteiger partial charge in [-0.1, -0.05) is 29.9 Å². The molecule has 0 aliphatic rings. The molecule has 8 heteroatoms. The van der Waals surface area contributed by atoms with Crippen LogP contribution in [0.1, 0.15) is 21.5 Å². The third-order valence-electron chi connectivity index (χ3n) is 3.02. The minimum absolute atomic E-state index is 0.381. The van der Waals surface area contributed by atoms with Crippen molar-refractivity contribution in [2.75, 3.05) is 5.32 Å². The molecule has 0 aliphatic heterocycles. The van der Waals surface area contributed by atoms with Gasteiger partial charge in [0, 0.05) is 29.1 Å². The molecule has 0 bridgehead atoms. The van der Waals surface area contributed by atoms with Crippen molar-refractivity contribution in [2.24, 2.45) is 0 Å². The predicted octanol–water partition coefficient (Wildman–Crippen LogP) is 6.90. The van der Waals surface area contributed by atoms with Crippen molar-refractivity contribution in [3.8, 4) is 0 Å². The molecule has 0 heterocycles. The van der Waals surface area contributed by atoms with E-state index in [9.17, 15) is 4.79 Å². The molecule has 0 aromatic heterocycles. The van der Waals surface area contributed by atoms with Gasteiger partial charge in [-0.15, -0.1) is 12.6 Å². The van der Waals surface area contributed by atoms with Gasteiger partial charge in [0.1, 0.15) is 4.99 Å². The normalized spacial score (nSPS) is 10.5. The smallest absolute Gasteiger partial charge is 0.218 e. The molecule has 2 aromatic rings. The number of carbonyl (C=O) groups is 1. The zero-order valence-corrected chi connectivity index (χ0v) is 19.6. The summed E-state index contributed by atoms with van der Waals surface area (Å²) in [4.78, 5) is 12.4. The Morgan fingerprint density at radius 3 is 1.91 bits per heavy atom. The summed E-state index contributed by atoms with van der Waals surface area (Å²) in [7, 11) is 0. The third-order valence-corrected chi connectivity index (χ3v) is 8.32. The Balaban J connectivity index is 2.55. The quantitative estimate of drug-likeness (QED) is 0.173. The molecule has 0 spiro atoms. The number of carbonyl (C=O) groups excluding carboxylic acids is 1. The Morgan fingerprint density at radius 1 is 0.957 bits per heavy atom. The van der Waals surface area contributed by atoms with Crippen LogP contribution < -0.4 is 5.32 Å². The molecule has 2 rings (SSSR count). The molecule has 120 valence electrons. The first-order chi connectivity index (χ1) is 10.7. The summed E-state index contributed by atoms with van der Waals surface area (Å²) in [5.74, 6) is 0. The van der Waals surface area contributed by atoms with E-state index >= 15 is 0 Å². The number of thiocarbonyl (C=S) groups is 1. The number of benzene rings is 2. The fourth-order valence-corrected chi connectivity index (χ4v) is 5.20. The second kappa shape index (κ2) is 8.10. The summed E-state index contributed by atoms with van der Waals surface area (Å²) in [6.07, 6.45) is 0. The molecule has 0 fully saturated rings. The maximum Gasteiger partial charge on any atom is 0.218 e. The molecule has 0 amide bonds. The Hall–Kier alpha value is 0.270. The highest BCUT2D eigenvalue weighted by Crippen LogP contribution is 2.43. The van der Waals surface area contributed by atoms with Crippen molar-refractivity contribution in [2.45, 2.75) is 6.92 Å². The lowest BCUT2D eigenvalue weighted by molar-refractivity contribution is 0.109. The molecular weight excluding hydrogens is 594 g/mol. The van der Waals surface area contributed by atoms with E-state index in [1.54, 1.807) is 0 Å². The summed E-state index contributed by atoms with van der Waals surface area (Å²) in [6, 6.07) is 7.83. The van der Waals surface area contributed by atoms with Crippen LogP contribution in [0.5, 0.6) is 0 Å². The van der Waals surface area contributed by atoms with Gasteiger partial charge in [0.15, 0.2) is 0 Å². The molecule has 0 unspecified atom stereocenters. The van der Waals surface area contributed by atoms with Crippen molar-refractivity contribution in [1.29, 1.82) is 0 Å². The molecule has 0 saturated heterocycles. The Morgan fingerprint density at radius 2 is 1.43 bits per heavy atom. The number of halogens is 4. The number of nitrogens with one attached hydrogen (secondary N) is 1. The van der Waals surface area contributed by atoms with Gasteiger partial charge in [0.2, 0.25) is 5.12 Å². The van der Waals surface area contributed by atoms with E-state index in [-0.39, 0.29) is 5.12 Å². The van der Waals surface area contributed by atoms with Crippen molar-refractivity contribution >= 4 is 104 Å². The van der Waals surface area contributed by atoms with Crippen molar-refractivity contribution in [3.05, 3.63) is 58.8 Å². The molecule has 0 saturated carbocycles. The van der Waals surface area contributed by atoms with Crippen LogP contribution in [0.2, 0.25) is 0 Å². The van der Waals surface area contributed by atoms with Crippen LogP contribution in [-0.4, -0.2) is 10.1 Å². The molecule has 0 atom stereocenters. The van der Waals surface area contributed by atoms with Crippen LogP contribution in [0.3, 0.4) is 0 Å². The molecule has 0 radical (unpaired) electrons. The van der Waals surface area contributed by atoms with Crippen LogP contribution in [-0.2, 0) is 0 Å². The number of anilines is 1. The number of aryl methyl sites for hydroxylation is 1. The van der Waals surface area contributed by atoms with E-state index in [0.717, 1.165) is 15.7 Å². The van der Waals surface area contributed by atoms with Gasteiger partial charge in [0.25, 0.3) is 0 Å². The number of hydrogen-bond donors (Lipinski definition) is 2. The second-order valence-corrected chi connectivity index (χ2v) is 8.62. The van der Waals surface area contributed by atoms with Gasteiger partial charge < -0.3 is 5.32 Å². The Bertz CT molecular complexity index is 806. The fourth-order valence-electron chi connectivity index (χ4n) is 1.88. The van der Waals surface area contributed by atoms with E-state index in [2.05, 4.69) is 81.7 Å². The number of hydrogen-bond acceptors (Lipinski definition) is 2. The van der Waals surface area contributed by atoms with Gasteiger partial charge in [0.05, 0.1) is 5.56 Å². The molecule has 2 aromatic carbocycles. The maximum atomic E-state index is 12.0. The average Bonchev–Trinajstić information content (AvgIpc) is 2.50. The molecular formula is C15H9Br4NOS2. The largest absolute Gasteiger partial charge is 0.346 e. The predicted molar refractivity (Wildman–Crippen MR) is 117 cm³/mol. The second-order valence-electron chi connectivity index (χ2n) is 4.63. The van der Waals surface area contributed by atoms with E-state index in [4.69, 9.17) is 12.2 Å². The summed E-state index contributed by atoms with van der Waals surface area (Å²) in [5.41, 5.74) is 2.96. The first-order valence-corrected chi connectivity index (χ1v) is 10.2. The SMILES string of the molecule is Cc1ccc(NC(=S)c2c(Br)c(Br)c(Br)c(Br)c2C(=O)S)cc1. The first-order valence-electron chi connectivity index (χ1n) is 6.21. The van der Waals surface area contributed by atoms with E-state index in [0.29, 0.717) is 29.5 Å². The van der Waals surface area contributed by atoms with Gasteiger partial charge in [-0.05, 0) is 82.8 Å². The van der Waals surface area contributed by atoms with Crippen molar-refractivity contribution < 1.29 is 4.79 Å². The Kier molecular flexibility index (Phi) is 6.90. The monoisotopic (exact) mass is 599 g/mol. The zero-order chi connectivity index (χ0) is 17.3. The zero-order valence-electron chi connectivity index (χ0n) is 11.6. The highest BCUT2D eigenvalue weighted by molar-refractivity contribution is 9.15. The van der Waals surface area contributed by atoms with E-state index in [1.807, 2.05) is 31.2 Å². The summed E-state index contributed by atoms with van der Waals surface area (Å²) in [6.45, 7) is 2.01. The van der Waals surface area contributed by atoms with Crippen LogP contribution >= 0.6 is 88.6 Å². The first kappa shape index (κ1) is 19.6. The molecule has 1 N–H and O–H groups in total. The van der Waals surface area contributed by atoms with E-state index < -0.39 is 0 Å². The minimum Gasteiger partial charge on any atom is -0.346 e. The molecule has 0 aliphatic carbocycles. The van der Waals surface area contributed by atoms with Crippen LogP contribution in [0.25, 0.3) is 0 Å². The van der Waals surface area contributed by atoms with E-state index in [1.165, 1.54) is 0 Å². The van der Waals surface area contributed by atoms with Crippen LogP contribution in [0.15, 0.2) is 42.2 Å². The van der Waals surface area contributed by atoms with Gasteiger partial charge in [-0.25, -0.2) is 0 Å². The molecule has 23 heavy (non-hydrogen) atoms. The maximum absolute atomic E-state index is 12.0. The van der Waals surface area contributed by atoms with Crippen LogP contribution in [0, 0.1) is 6.92 Å². The topological polar surface area (TPSA) is 29.1 Å². The highest BCUT2D eigenvalue weighted by atomic mass is 79.9. The van der Waals surface area contributed by atoms with Gasteiger partial charge in [-0.3, -0.25) is 4.79 Å². The van der Waals surface area contributed by atoms with Crippen molar-refractivity contribution in [1.82, 2.24) is 0 Å².